The molecule has 2 heterocycles. The third kappa shape index (κ3) is 4.84. The quantitative estimate of drug-likeness (QED) is 0.866. The van der Waals surface area contributed by atoms with Gasteiger partial charge in [-0.15, -0.1) is 0 Å². The molecule has 22 heavy (non-hydrogen) atoms. The van der Waals surface area contributed by atoms with Crippen LogP contribution in [-0.4, -0.2) is 53.3 Å². The third-order valence-corrected chi connectivity index (χ3v) is 3.55. The Hall–Kier alpha value is -1.89. The summed E-state index contributed by atoms with van der Waals surface area (Å²) < 4.78 is 10.4. The molecule has 0 radical (unpaired) electrons. The SMILES string of the molecule is CCOCc1cc(NC2CCN(C(=O)OCC)CC2)ncn1. The summed E-state index contributed by atoms with van der Waals surface area (Å²) in [5.74, 6) is 0.805. The van der Waals surface area contributed by atoms with Gasteiger partial charge in [0.05, 0.1) is 18.9 Å². The van der Waals surface area contributed by atoms with Crippen LogP contribution in [0.4, 0.5) is 10.6 Å². The molecule has 1 saturated heterocycles. The zero-order valence-corrected chi connectivity index (χ0v) is 13.2. The molecule has 0 atom stereocenters. The third-order valence-electron chi connectivity index (χ3n) is 3.55. The van der Waals surface area contributed by atoms with Crippen molar-refractivity contribution in [3.63, 3.8) is 0 Å². The highest BCUT2D eigenvalue weighted by Gasteiger charge is 2.23. The molecule has 1 aliphatic heterocycles. The van der Waals surface area contributed by atoms with Crippen molar-refractivity contribution in [2.45, 2.75) is 39.3 Å². The molecule has 1 aromatic heterocycles. The zero-order chi connectivity index (χ0) is 15.8. The molecule has 1 N–H and O–H groups in total. The summed E-state index contributed by atoms with van der Waals surface area (Å²) in [7, 11) is 0. The lowest BCUT2D eigenvalue weighted by Crippen LogP contribution is -2.42. The van der Waals surface area contributed by atoms with Crippen molar-refractivity contribution in [2.24, 2.45) is 0 Å². The highest BCUT2D eigenvalue weighted by Crippen LogP contribution is 2.16. The molecular formula is C15H24N4O3. The summed E-state index contributed by atoms with van der Waals surface area (Å²) in [6, 6.07) is 2.22. The number of rotatable bonds is 6. The summed E-state index contributed by atoms with van der Waals surface area (Å²) in [4.78, 5) is 21.8. The van der Waals surface area contributed by atoms with Gasteiger partial charge in [0.1, 0.15) is 12.1 Å². The van der Waals surface area contributed by atoms with Crippen molar-refractivity contribution >= 4 is 11.9 Å². The Morgan fingerprint density at radius 1 is 1.32 bits per heavy atom. The Morgan fingerprint density at radius 2 is 2.09 bits per heavy atom. The smallest absolute Gasteiger partial charge is 0.409 e. The van der Waals surface area contributed by atoms with Crippen molar-refractivity contribution in [1.29, 1.82) is 0 Å². The van der Waals surface area contributed by atoms with Gasteiger partial charge in [0, 0.05) is 31.8 Å². The zero-order valence-electron chi connectivity index (χ0n) is 13.2. The van der Waals surface area contributed by atoms with Crippen molar-refractivity contribution in [3.05, 3.63) is 18.1 Å². The van der Waals surface area contributed by atoms with E-state index in [0.717, 1.165) is 24.4 Å². The maximum absolute atomic E-state index is 11.7. The summed E-state index contributed by atoms with van der Waals surface area (Å²) in [5, 5.41) is 3.40. The van der Waals surface area contributed by atoms with Crippen LogP contribution in [0.1, 0.15) is 32.4 Å². The van der Waals surface area contributed by atoms with Gasteiger partial charge in [-0.05, 0) is 26.7 Å². The largest absolute Gasteiger partial charge is 0.450 e. The van der Waals surface area contributed by atoms with Crippen molar-refractivity contribution < 1.29 is 14.3 Å². The first-order valence-corrected chi connectivity index (χ1v) is 7.79. The maximum Gasteiger partial charge on any atom is 0.409 e. The fourth-order valence-electron chi connectivity index (χ4n) is 2.39. The van der Waals surface area contributed by atoms with Gasteiger partial charge in [0.15, 0.2) is 0 Å². The van der Waals surface area contributed by atoms with Gasteiger partial charge >= 0.3 is 6.09 Å². The number of amides is 1. The Kier molecular flexibility index (Phi) is 6.39. The second-order valence-corrected chi connectivity index (χ2v) is 5.14. The number of nitrogens with zero attached hydrogens (tertiary/aromatic N) is 3. The van der Waals surface area contributed by atoms with Crippen LogP contribution < -0.4 is 5.32 Å². The summed E-state index contributed by atoms with van der Waals surface area (Å²) in [6.45, 7) is 6.76. The van der Waals surface area contributed by atoms with Crippen molar-refractivity contribution in [3.8, 4) is 0 Å². The first-order chi connectivity index (χ1) is 10.7. The van der Waals surface area contributed by atoms with E-state index in [-0.39, 0.29) is 6.09 Å². The molecule has 122 valence electrons. The Labute approximate surface area is 131 Å². The summed E-state index contributed by atoms with van der Waals surface area (Å²) >= 11 is 0. The summed E-state index contributed by atoms with van der Waals surface area (Å²) in [6.07, 6.45) is 3.08. The lowest BCUT2D eigenvalue weighted by molar-refractivity contribution is 0.0983. The first kappa shape index (κ1) is 16.5. The molecule has 0 unspecified atom stereocenters. The Morgan fingerprint density at radius 3 is 2.77 bits per heavy atom. The van der Waals surface area contributed by atoms with Crippen LogP contribution in [-0.2, 0) is 16.1 Å². The average Bonchev–Trinajstić information content (AvgIpc) is 2.54. The van der Waals surface area contributed by atoms with Crippen LogP contribution >= 0.6 is 0 Å². The highest BCUT2D eigenvalue weighted by molar-refractivity contribution is 5.67. The molecular weight excluding hydrogens is 284 g/mol. The van der Waals surface area contributed by atoms with Crippen LogP contribution in [0.2, 0.25) is 0 Å². The number of carbonyl (C=O) groups excluding carboxylic acids is 1. The predicted octanol–water partition coefficient (Wildman–Crippen LogP) is 2.05. The van der Waals surface area contributed by atoms with Crippen LogP contribution in [0.3, 0.4) is 0 Å². The average molecular weight is 308 g/mol. The van der Waals surface area contributed by atoms with E-state index in [0.29, 0.717) is 39.0 Å². The molecule has 0 spiro atoms. The molecule has 0 aromatic carbocycles. The van der Waals surface area contributed by atoms with E-state index in [1.807, 2.05) is 19.9 Å². The minimum Gasteiger partial charge on any atom is -0.450 e. The molecule has 0 saturated carbocycles. The fraction of sp³-hybridized carbons (Fsp3) is 0.667. The number of piperidine rings is 1. The Bertz CT molecular complexity index is 476. The normalized spacial score (nSPS) is 15.6. The molecule has 1 amide bonds. The van der Waals surface area contributed by atoms with Crippen LogP contribution in [0.5, 0.6) is 0 Å². The number of ether oxygens (including phenoxy) is 2. The molecule has 1 aromatic rings. The minimum atomic E-state index is -0.220. The Balaban J connectivity index is 1.81. The lowest BCUT2D eigenvalue weighted by Gasteiger charge is -2.31. The van der Waals surface area contributed by atoms with E-state index in [2.05, 4.69) is 15.3 Å². The van der Waals surface area contributed by atoms with Crippen molar-refractivity contribution in [2.75, 3.05) is 31.6 Å². The molecule has 7 nitrogen and oxygen atoms in total. The van der Waals surface area contributed by atoms with E-state index in [1.54, 1.807) is 11.2 Å². The molecule has 2 rings (SSSR count). The van der Waals surface area contributed by atoms with Gasteiger partial charge < -0.3 is 19.7 Å². The van der Waals surface area contributed by atoms with Gasteiger partial charge in [0.2, 0.25) is 0 Å². The van der Waals surface area contributed by atoms with E-state index in [9.17, 15) is 4.79 Å². The number of anilines is 1. The highest BCUT2D eigenvalue weighted by atomic mass is 16.6. The molecule has 1 aliphatic rings. The number of likely N-dealkylation sites (tertiary alicyclic amines) is 1. The van der Waals surface area contributed by atoms with E-state index in [1.165, 1.54) is 0 Å². The number of hydrogen-bond acceptors (Lipinski definition) is 6. The molecule has 7 heteroatoms. The monoisotopic (exact) mass is 308 g/mol. The molecule has 0 bridgehead atoms. The van der Waals surface area contributed by atoms with Crippen LogP contribution in [0.15, 0.2) is 12.4 Å². The number of hydrogen-bond donors (Lipinski definition) is 1. The predicted molar refractivity (Wildman–Crippen MR) is 82.6 cm³/mol. The second kappa shape index (κ2) is 8.53. The number of carbonyl (C=O) groups is 1. The van der Waals surface area contributed by atoms with Crippen LogP contribution in [0.25, 0.3) is 0 Å². The van der Waals surface area contributed by atoms with Gasteiger partial charge in [-0.1, -0.05) is 0 Å². The van der Waals surface area contributed by atoms with Gasteiger partial charge in [-0.2, -0.15) is 0 Å². The summed E-state index contributed by atoms with van der Waals surface area (Å²) in [5.41, 5.74) is 0.864. The first-order valence-electron chi connectivity index (χ1n) is 7.79. The van der Waals surface area contributed by atoms with E-state index >= 15 is 0 Å². The van der Waals surface area contributed by atoms with Crippen molar-refractivity contribution in [1.82, 2.24) is 14.9 Å². The van der Waals surface area contributed by atoms with Gasteiger partial charge in [-0.3, -0.25) is 0 Å². The van der Waals surface area contributed by atoms with Gasteiger partial charge in [0.25, 0.3) is 0 Å². The number of nitrogens with one attached hydrogen (secondary N) is 1. The standard InChI is InChI=1S/C15H24N4O3/c1-3-21-10-13-9-14(17-11-16-13)18-12-5-7-19(8-6-12)15(20)22-4-2/h9,11-12H,3-8,10H2,1-2H3,(H,16,17,18). The maximum atomic E-state index is 11.7. The molecule has 1 fully saturated rings. The van der Waals surface area contributed by atoms with Crippen LogP contribution in [0, 0.1) is 0 Å². The lowest BCUT2D eigenvalue weighted by atomic mass is 10.1. The van der Waals surface area contributed by atoms with E-state index < -0.39 is 0 Å². The minimum absolute atomic E-state index is 0.220. The molecule has 0 aliphatic carbocycles. The second-order valence-electron chi connectivity index (χ2n) is 5.14. The topological polar surface area (TPSA) is 76.6 Å². The fourth-order valence-corrected chi connectivity index (χ4v) is 2.39. The number of aromatic nitrogens is 2. The van der Waals surface area contributed by atoms with Gasteiger partial charge in [-0.25, -0.2) is 14.8 Å². The van der Waals surface area contributed by atoms with E-state index in [4.69, 9.17) is 9.47 Å².